The van der Waals surface area contributed by atoms with E-state index in [0.717, 1.165) is 46.5 Å². The maximum Gasteiger partial charge on any atom is 0.227 e. The van der Waals surface area contributed by atoms with Crippen molar-refractivity contribution >= 4 is 22.5 Å². The summed E-state index contributed by atoms with van der Waals surface area (Å²) in [6.07, 6.45) is 3.48. The predicted molar refractivity (Wildman–Crippen MR) is 114 cm³/mol. The van der Waals surface area contributed by atoms with Crippen molar-refractivity contribution in [3.8, 4) is 11.1 Å². The number of hydrogen-bond acceptors (Lipinski definition) is 6. The Kier molecular flexibility index (Phi) is 5.04. The minimum Gasteiger partial charge on any atom is -0.369 e. The largest absolute Gasteiger partial charge is 0.369 e. The lowest BCUT2D eigenvalue weighted by atomic mass is 10.0. The number of pyridine rings is 1. The van der Waals surface area contributed by atoms with Gasteiger partial charge in [0, 0.05) is 30.2 Å². The molecule has 1 saturated heterocycles. The van der Waals surface area contributed by atoms with Gasteiger partial charge in [-0.1, -0.05) is 30.3 Å². The molecule has 1 aliphatic heterocycles. The Morgan fingerprint density at radius 3 is 2.77 bits per heavy atom. The van der Waals surface area contributed by atoms with Crippen molar-refractivity contribution in [1.29, 1.82) is 0 Å². The molecule has 6 nitrogen and oxygen atoms in total. The first-order valence-corrected chi connectivity index (χ1v) is 9.83. The van der Waals surface area contributed by atoms with Crippen LogP contribution in [0.4, 0.5) is 16.0 Å². The zero-order chi connectivity index (χ0) is 20.3. The number of rotatable bonds is 4. The van der Waals surface area contributed by atoms with Gasteiger partial charge >= 0.3 is 0 Å². The van der Waals surface area contributed by atoms with E-state index in [1.807, 2.05) is 36.4 Å². The lowest BCUT2D eigenvalue weighted by Gasteiger charge is -2.23. The van der Waals surface area contributed by atoms with Gasteiger partial charge in [-0.05, 0) is 29.8 Å². The zero-order valence-corrected chi connectivity index (χ0v) is 16.2. The van der Waals surface area contributed by atoms with Crippen molar-refractivity contribution in [3.63, 3.8) is 0 Å². The highest BCUT2D eigenvalue weighted by Crippen LogP contribution is 2.28. The molecule has 1 aliphatic rings. The summed E-state index contributed by atoms with van der Waals surface area (Å²) in [4.78, 5) is 13.6. The van der Waals surface area contributed by atoms with Gasteiger partial charge in [-0.25, -0.2) is 14.4 Å². The van der Waals surface area contributed by atoms with Gasteiger partial charge < -0.3 is 15.4 Å². The highest BCUT2D eigenvalue weighted by Gasteiger charge is 2.16. The minimum atomic E-state index is -0.278. The summed E-state index contributed by atoms with van der Waals surface area (Å²) in [5, 5.41) is 7.39. The van der Waals surface area contributed by atoms with Crippen molar-refractivity contribution in [2.45, 2.75) is 6.10 Å². The van der Waals surface area contributed by atoms with E-state index in [4.69, 9.17) is 4.74 Å². The van der Waals surface area contributed by atoms with Crippen molar-refractivity contribution in [2.24, 2.45) is 0 Å². The highest BCUT2D eigenvalue weighted by molar-refractivity contribution is 5.93. The molecular formula is C23H20FN5O. The van der Waals surface area contributed by atoms with Crippen LogP contribution in [0.15, 0.2) is 67.0 Å². The van der Waals surface area contributed by atoms with Crippen LogP contribution in [0.5, 0.6) is 0 Å². The Morgan fingerprint density at radius 1 is 1.03 bits per heavy atom. The van der Waals surface area contributed by atoms with Gasteiger partial charge in [-0.2, -0.15) is 0 Å². The van der Waals surface area contributed by atoms with Gasteiger partial charge in [-0.15, -0.1) is 0 Å². The van der Waals surface area contributed by atoms with Gasteiger partial charge in [0.15, 0.2) is 0 Å². The Balaban J connectivity index is 1.43. The molecule has 150 valence electrons. The molecule has 2 aromatic carbocycles. The van der Waals surface area contributed by atoms with Crippen molar-refractivity contribution < 1.29 is 9.13 Å². The number of para-hydroxylation sites is 1. The van der Waals surface area contributed by atoms with Gasteiger partial charge in [0.2, 0.25) is 5.95 Å². The molecule has 0 radical (unpaired) electrons. The quantitative estimate of drug-likeness (QED) is 0.533. The minimum absolute atomic E-state index is 0.0291. The first-order valence-electron chi connectivity index (χ1n) is 9.83. The molecule has 1 unspecified atom stereocenters. The number of anilines is 2. The van der Waals surface area contributed by atoms with E-state index in [9.17, 15) is 4.39 Å². The second kappa shape index (κ2) is 8.14. The summed E-state index contributed by atoms with van der Waals surface area (Å²) < 4.78 is 19.5. The summed E-state index contributed by atoms with van der Waals surface area (Å²) in [5.74, 6) is 0.178. The molecule has 0 saturated carbocycles. The Morgan fingerprint density at radius 2 is 1.97 bits per heavy atom. The number of ether oxygens (including phenoxy) is 1. The maximum atomic E-state index is 13.7. The smallest absolute Gasteiger partial charge is 0.227 e. The molecule has 7 heteroatoms. The third kappa shape index (κ3) is 3.85. The normalized spacial score (nSPS) is 16.5. The Bertz CT molecular complexity index is 1180. The van der Waals surface area contributed by atoms with Crippen LogP contribution in [-0.2, 0) is 4.74 Å². The molecule has 0 amide bonds. The van der Waals surface area contributed by atoms with Crippen LogP contribution in [0.2, 0.25) is 0 Å². The van der Waals surface area contributed by atoms with Gasteiger partial charge in [-0.3, -0.25) is 4.98 Å². The van der Waals surface area contributed by atoms with Crippen LogP contribution in [0.25, 0.3) is 22.0 Å². The number of fused-ring (bicyclic) bond motifs is 1. The first kappa shape index (κ1) is 18.6. The SMILES string of the molecule is Fc1cccc(-c2cccc3cnc(Nc4ccc(C5CNCCO5)nc4)nc23)c1. The molecule has 30 heavy (non-hydrogen) atoms. The topological polar surface area (TPSA) is 72.0 Å². The zero-order valence-electron chi connectivity index (χ0n) is 16.2. The Labute approximate surface area is 173 Å². The second-order valence-electron chi connectivity index (χ2n) is 7.11. The van der Waals surface area contributed by atoms with E-state index in [1.54, 1.807) is 18.5 Å². The van der Waals surface area contributed by atoms with Crippen molar-refractivity contribution in [2.75, 3.05) is 25.0 Å². The molecule has 2 N–H and O–H groups in total. The highest BCUT2D eigenvalue weighted by atomic mass is 19.1. The fraction of sp³-hybridized carbons (Fsp3) is 0.174. The standard InChI is InChI=1S/C23H20FN5O/c24-17-5-1-3-15(11-17)19-6-2-4-16-12-27-23(29-22(16)19)28-18-7-8-20(26-13-18)21-14-25-9-10-30-21/h1-8,11-13,21,25H,9-10,14H2,(H,27,28,29). The van der Waals surface area contributed by atoms with Crippen LogP contribution >= 0.6 is 0 Å². The van der Waals surface area contributed by atoms with Gasteiger partial charge in [0.25, 0.3) is 0 Å². The summed E-state index contributed by atoms with van der Waals surface area (Å²) in [6, 6.07) is 16.2. The monoisotopic (exact) mass is 401 g/mol. The molecule has 1 fully saturated rings. The van der Waals surface area contributed by atoms with Crippen molar-refractivity contribution in [1.82, 2.24) is 20.3 Å². The van der Waals surface area contributed by atoms with Crippen LogP contribution in [0.3, 0.4) is 0 Å². The maximum absolute atomic E-state index is 13.7. The second-order valence-corrected chi connectivity index (χ2v) is 7.11. The van der Waals surface area contributed by atoms with Crippen LogP contribution in [0, 0.1) is 5.82 Å². The first-order chi connectivity index (χ1) is 14.8. The van der Waals surface area contributed by atoms with Crippen LogP contribution in [-0.4, -0.2) is 34.6 Å². The van der Waals surface area contributed by atoms with E-state index < -0.39 is 0 Å². The predicted octanol–water partition coefficient (Wildman–Crippen LogP) is 4.24. The molecule has 0 aliphatic carbocycles. The van der Waals surface area contributed by atoms with Crippen LogP contribution < -0.4 is 10.6 Å². The molecule has 4 aromatic rings. The summed E-state index contributed by atoms with van der Waals surface area (Å²) in [5.41, 5.74) is 4.06. The number of nitrogens with one attached hydrogen (secondary N) is 2. The average Bonchev–Trinajstić information content (AvgIpc) is 2.80. The number of aromatic nitrogens is 3. The lowest BCUT2D eigenvalue weighted by Crippen LogP contribution is -2.33. The van der Waals surface area contributed by atoms with E-state index in [2.05, 4.69) is 25.6 Å². The number of benzene rings is 2. The molecule has 0 spiro atoms. The molecule has 0 bridgehead atoms. The molecule has 5 rings (SSSR count). The van der Waals surface area contributed by atoms with E-state index >= 15 is 0 Å². The summed E-state index contributed by atoms with van der Waals surface area (Å²) >= 11 is 0. The fourth-order valence-corrected chi connectivity index (χ4v) is 3.56. The lowest BCUT2D eigenvalue weighted by molar-refractivity contribution is 0.0250. The van der Waals surface area contributed by atoms with E-state index in [1.165, 1.54) is 12.1 Å². The van der Waals surface area contributed by atoms with E-state index in [-0.39, 0.29) is 11.9 Å². The summed E-state index contributed by atoms with van der Waals surface area (Å²) in [7, 11) is 0. The fourth-order valence-electron chi connectivity index (χ4n) is 3.56. The number of halogens is 1. The third-order valence-corrected chi connectivity index (χ3v) is 5.05. The van der Waals surface area contributed by atoms with Gasteiger partial charge in [0.1, 0.15) is 11.9 Å². The van der Waals surface area contributed by atoms with Gasteiger partial charge in [0.05, 0.1) is 29.7 Å². The van der Waals surface area contributed by atoms with Crippen molar-refractivity contribution in [3.05, 3.63) is 78.5 Å². The molecule has 1 atom stereocenters. The van der Waals surface area contributed by atoms with E-state index in [0.29, 0.717) is 12.6 Å². The van der Waals surface area contributed by atoms with Crippen LogP contribution in [0.1, 0.15) is 11.8 Å². The molecular weight excluding hydrogens is 381 g/mol. The third-order valence-electron chi connectivity index (χ3n) is 5.05. The number of morpholine rings is 1. The average molecular weight is 401 g/mol. The number of hydrogen-bond donors (Lipinski definition) is 2. The summed E-state index contributed by atoms with van der Waals surface area (Å²) in [6.45, 7) is 2.31. The molecule has 2 aromatic heterocycles. The Hall–Kier alpha value is -3.42. The molecule has 3 heterocycles. The number of nitrogens with zero attached hydrogens (tertiary/aromatic N) is 3.